The van der Waals surface area contributed by atoms with E-state index in [1.807, 2.05) is 30.4 Å². The Morgan fingerprint density at radius 1 is 0.754 bits per heavy atom. The standard InChI is InChI=1S/C52H55N7OS/c1-33-35(3)61-51-47(33)49(53-34(2)50-55-54-36(4)59(50)51)40-15-19-43(20-16-40)58-31-52(32-58)28-37(29-52)30-56-23-25-57(26-24-56)42-17-13-39(14-18-42)48-45(38-9-6-5-7-10-38)12-8-11-41-27-44(60)21-22-46(41)48/h5-7,9-10,13-22,27,34,37,60H,8,11-12,23-26,28-32H2,1-4H3/t34-/m0/s1. The van der Waals surface area contributed by atoms with E-state index in [2.05, 4.69) is 135 Å². The van der Waals surface area contributed by atoms with Crippen LogP contribution in [-0.4, -0.2) is 76.3 Å². The van der Waals surface area contributed by atoms with Crippen molar-refractivity contribution < 1.29 is 5.11 Å². The van der Waals surface area contributed by atoms with Crippen LogP contribution in [0, 0.1) is 32.1 Å². The van der Waals surface area contributed by atoms with Crippen LogP contribution in [0.2, 0.25) is 0 Å². The molecule has 0 unspecified atom stereocenters. The highest BCUT2D eigenvalue weighted by Gasteiger charge is 2.52. The summed E-state index contributed by atoms with van der Waals surface area (Å²) in [7, 11) is 0. The Kier molecular flexibility index (Phi) is 9.53. The molecule has 1 atom stereocenters. The Balaban J connectivity index is 0.697. The first-order valence-electron chi connectivity index (χ1n) is 22.3. The molecule has 9 heteroatoms. The second-order valence-electron chi connectivity index (χ2n) is 18.5. The maximum atomic E-state index is 10.3. The van der Waals surface area contributed by atoms with Crippen LogP contribution in [0.15, 0.2) is 102 Å². The van der Waals surface area contributed by atoms with Crippen LogP contribution in [-0.2, 0) is 6.42 Å². The fourth-order valence-electron chi connectivity index (χ4n) is 11.2. The zero-order valence-electron chi connectivity index (χ0n) is 35.9. The molecule has 1 saturated carbocycles. The van der Waals surface area contributed by atoms with E-state index in [1.165, 1.54) is 104 Å². The topological polar surface area (TPSA) is 73.0 Å². The van der Waals surface area contributed by atoms with E-state index >= 15 is 0 Å². The summed E-state index contributed by atoms with van der Waals surface area (Å²) >= 11 is 1.82. The minimum Gasteiger partial charge on any atom is -0.508 e. The van der Waals surface area contributed by atoms with Gasteiger partial charge >= 0.3 is 0 Å². The van der Waals surface area contributed by atoms with Gasteiger partial charge in [0.05, 0.1) is 5.71 Å². The van der Waals surface area contributed by atoms with Crippen molar-refractivity contribution in [1.82, 2.24) is 19.7 Å². The van der Waals surface area contributed by atoms with E-state index in [0.29, 0.717) is 11.2 Å². The Hall–Kier alpha value is -5.51. The molecule has 4 aromatic carbocycles. The van der Waals surface area contributed by atoms with Crippen LogP contribution in [0.5, 0.6) is 5.75 Å². The summed E-state index contributed by atoms with van der Waals surface area (Å²) < 4.78 is 2.22. The lowest BCUT2D eigenvalue weighted by atomic mass is 9.57. The first-order valence-corrected chi connectivity index (χ1v) is 23.2. The fraction of sp³-hybridized carbons (Fsp3) is 0.365. The lowest BCUT2D eigenvalue weighted by Crippen LogP contribution is -2.64. The van der Waals surface area contributed by atoms with Crippen molar-refractivity contribution in [3.8, 4) is 10.8 Å². The molecular formula is C52H55N7OS. The monoisotopic (exact) mass is 825 g/mol. The molecule has 2 aliphatic carbocycles. The molecule has 3 aliphatic heterocycles. The molecule has 6 aromatic rings. The Labute approximate surface area is 363 Å². The van der Waals surface area contributed by atoms with Gasteiger partial charge in [-0.25, -0.2) is 0 Å². The van der Waals surface area contributed by atoms with Crippen molar-refractivity contribution in [3.63, 3.8) is 0 Å². The number of nitrogens with zero attached hydrogens (tertiary/aromatic N) is 7. The second-order valence-corrected chi connectivity index (χ2v) is 19.7. The smallest absolute Gasteiger partial charge is 0.162 e. The fourth-order valence-corrected chi connectivity index (χ4v) is 12.4. The Bertz CT molecular complexity index is 2670. The number of phenolic OH excluding ortho intramolecular Hbond substituents is 1. The van der Waals surface area contributed by atoms with Crippen molar-refractivity contribution in [2.45, 2.75) is 65.8 Å². The van der Waals surface area contributed by atoms with E-state index in [1.54, 1.807) is 0 Å². The molecule has 2 aromatic heterocycles. The average molecular weight is 826 g/mol. The first-order chi connectivity index (χ1) is 29.7. The quantitative estimate of drug-likeness (QED) is 0.173. The Morgan fingerprint density at radius 2 is 1.46 bits per heavy atom. The number of aromatic hydroxyl groups is 1. The van der Waals surface area contributed by atoms with Crippen LogP contribution in [0.4, 0.5) is 11.4 Å². The van der Waals surface area contributed by atoms with Gasteiger partial charge in [0.2, 0.25) is 0 Å². The first kappa shape index (κ1) is 38.4. The van der Waals surface area contributed by atoms with Gasteiger partial charge in [-0.15, -0.1) is 21.5 Å². The van der Waals surface area contributed by atoms with Crippen molar-refractivity contribution in [3.05, 3.63) is 153 Å². The molecular weight excluding hydrogens is 771 g/mol. The lowest BCUT2D eigenvalue weighted by molar-refractivity contribution is 0.00322. The SMILES string of the molecule is Cc1sc2c(c1C)C(c1ccc(N3CC4(CC(CN5CCN(c6ccc(C7=C(c8ccccc8)CCCc8cc(O)ccc87)cc6)CC5)C4)C3)cc1)=N[C@@H](C)c1nnc(C)n1-2. The van der Waals surface area contributed by atoms with Crippen LogP contribution >= 0.6 is 11.3 Å². The minimum absolute atomic E-state index is 0.0696. The number of benzene rings is 4. The number of aryl methyl sites for hydroxylation is 3. The molecule has 0 amide bonds. The van der Waals surface area contributed by atoms with Gasteiger partial charge in [-0.2, -0.15) is 0 Å². The number of hydrogen-bond donors (Lipinski definition) is 1. The van der Waals surface area contributed by atoms with Crippen molar-refractivity contribution in [1.29, 1.82) is 0 Å². The number of aromatic nitrogens is 3. The molecule has 61 heavy (non-hydrogen) atoms. The third kappa shape index (κ3) is 6.81. The number of phenols is 1. The second kappa shape index (κ2) is 15.1. The number of anilines is 2. The molecule has 1 N–H and O–H groups in total. The summed E-state index contributed by atoms with van der Waals surface area (Å²) in [6.45, 7) is 16.6. The highest BCUT2D eigenvalue weighted by molar-refractivity contribution is 7.15. The van der Waals surface area contributed by atoms with Gasteiger partial charge in [-0.05, 0) is 141 Å². The van der Waals surface area contributed by atoms with Gasteiger partial charge in [-0.3, -0.25) is 14.5 Å². The van der Waals surface area contributed by atoms with Crippen LogP contribution in [0.1, 0.15) is 94.1 Å². The number of hydrogen-bond acceptors (Lipinski definition) is 8. The van der Waals surface area contributed by atoms with Gasteiger partial charge in [0.15, 0.2) is 5.82 Å². The number of rotatable bonds is 7. The van der Waals surface area contributed by atoms with Gasteiger partial charge in [0.25, 0.3) is 0 Å². The van der Waals surface area contributed by atoms with E-state index in [9.17, 15) is 5.11 Å². The van der Waals surface area contributed by atoms with E-state index < -0.39 is 0 Å². The molecule has 8 nitrogen and oxygen atoms in total. The Morgan fingerprint density at radius 3 is 2.20 bits per heavy atom. The van der Waals surface area contributed by atoms with Crippen LogP contribution in [0.3, 0.4) is 0 Å². The molecule has 11 rings (SSSR count). The molecule has 0 radical (unpaired) electrons. The number of allylic oxidation sites excluding steroid dienone is 1. The molecule has 2 saturated heterocycles. The van der Waals surface area contributed by atoms with Crippen molar-refractivity contribution >= 4 is 39.6 Å². The largest absolute Gasteiger partial charge is 0.508 e. The van der Waals surface area contributed by atoms with Gasteiger partial charge < -0.3 is 14.9 Å². The highest BCUT2D eigenvalue weighted by atomic mass is 32.1. The van der Waals surface area contributed by atoms with Gasteiger partial charge in [0, 0.05) is 78.6 Å². The van der Waals surface area contributed by atoms with Gasteiger partial charge in [-0.1, -0.05) is 60.7 Å². The van der Waals surface area contributed by atoms with E-state index in [-0.39, 0.29) is 6.04 Å². The van der Waals surface area contributed by atoms with Crippen LogP contribution in [0.25, 0.3) is 16.1 Å². The molecule has 3 fully saturated rings. The average Bonchev–Trinajstić information content (AvgIpc) is 3.66. The van der Waals surface area contributed by atoms with Crippen molar-refractivity contribution in [2.75, 3.05) is 55.6 Å². The van der Waals surface area contributed by atoms with Crippen molar-refractivity contribution in [2.24, 2.45) is 16.3 Å². The highest BCUT2D eigenvalue weighted by Crippen LogP contribution is 2.53. The van der Waals surface area contributed by atoms with E-state index in [4.69, 9.17) is 4.99 Å². The predicted octanol–water partition coefficient (Wildman–Crippen LogP) is 10.2. The van der Waals surface area contributed by atoms with Gasteiger partial charge in [0.1, 0.15) is 22.6 Å². The third-order valence-electron chi connectivity index (χ3n) is 14.4. The molecule has 5 heterocycles. The summed E-state index contributed by atoms with van der Waals surface area (Å²) in [6, 6.07) is 35.2. The summed E-state index contributed by atoms with van der Waals surface area (Å²) in [5.41, 5.74) is 15.6. The summed E-state index contributed by atoms with van der Waals surface area (Å²) in [6.07, 6.45) is 5.77. The zero-order valence-corrected chi connectivity index (χ0v) is 36.7. The maximum absolute atomic E-state index is 10.3. The van der Waals surface area contributed by atoms with E-state index in [0.717, 1.165) is 68.7 Å². The lowest BCUT2D eigenvalue weighted by Gasteiger charge is -2.60. The number of aliphatic imine (C=N–C) groups is 1. The molecule has 5 aliphatic rings. The summed E-state index contributed by atoms with van der Waals surface area (Å²) in [5, 5.41) is 20.5. The molecule has 1 spiro atoms. The number of fused-ring (bicyclic) bond motifs is 4. The number of piperazine rings is 1. The molecule has 310 valence electrons. The predicted molar refractivity (Wildman–Crippen MR) is 250 cm³/mol. The zero-order chi connectivity index (χ0) is 41.4. The normalized spacial score (nSPS) is 20.0. The summed E-state index contributed by atoms with van der Waals surface area (Å²) in [4.78, 5) is 14.4. The van der Waals surface area contributed by atoms with Crippen LogP contribution < -0.4 is 9.80 Å². The number of thiophene rings is 1. The summed E-state index contributed by atoms with van der Waals surface area (Å²) in [5.74, 6) is 2.99. The maximum Gasteiger partial charge on any atom is 0.162 e. The third-order valence-corrected chi connectivity index (χ3v) is 15.6. The molecule has 0 bridgehead atoms. The minimum atomic E-state index is -0.0696.